The molecule has 0 fully saturated rings. The number of amides is 1. The van der Waals surface area contributed by atoms with Gasteiger partial charge in [-0.2, -0.15) is 5.10 Å². The Morgan fingerprint density at radius 3 is 2.47 bits per heavy atom. The second-order valence-electron chi connectivity index (χ2n) is 7.42. The number of pyridine rings is 1. The molecular formula is C24H20N6O4. The largest absolute Gasteiger partial charge is 0.484 e. The third kappa shape index (κ3) is 3.97. The van der Waals surface area contributed by atoms with Gasteiger partial charge in [0.25, 0.3) is 11.5 Å². The minimum Gasteiger partial charge on any atom is -0.484 e. The molecule has 0 aliphatic heterocycles. The van der Waals surface area contributed by atoms with Gasteiger partial charge >= 0.3 is 0 Å². The van der Waals surface area contributed by atoms with Gasteiger partial charge in [-0.05, 0) is 23.8 Å². The monoisotopic (exact) mass is 456 g/mol. The first-order valence-corrected chi connectivity index (χ1v) is 10.5. The fraction of sp³-hybridized carbons (Fsp3) is 0.125. The third-order valence-electron chi connectivity index (χ3n) is 5.15. The van der Waals surface area contributed by atoms with E-state index in [1.165, 1.54) is 6.20 Å². The van der Waals surface area contributed by atoms with Crippen molar-refractivity contribution in [2.45, 2.75) is 6.61 Å². The van der Waals surface area contributed by atoms with Crippen LogP contribution in [-0.4, -0.2) is 44.1 Å². The number of carbonyl (C=O) groups is 1. The van der Waals surface area contributed by atoms with Gasteiger partial charge in [-0.1, -0.05) is 48.5 Å². The number of carbonyl (C=O) groups excluding carboxylic acids is 1. The Balaban J connectivity index is 1.50. The van der Waals surface area contributed by atoms with Crippen LogP contribution in [0.1, 0.15) is 5.69 Å². The summed E-state index contributed by atoms with van der Waals surface area (Å²) in [4.78, 5) is 25.3. The topological polar surface area (TPSA) is 113 Å². The molecule has 0 spiro atoms. The second kappa shape index (κ2) is 9.12. The highest BCUT2D eigenvalue weighted by Crippen LogP contribution is 2.28. The van der Waals surface area contributed by atoms with Gasteiger partial charge in [-0.25, -0.2) is 9.19 Å². The lowest BCUT2D eigenvalue weighted by Gasteiger charge is -2.10. The van der Waals surface area contributed by atoms with Gasteiger partial charge in [0.1, 0.15) is 11.3 Å². The summed E-state index contributed by atoms with van der Waals surface area (Å²) in [6, 6.07) is 20.3. The van der Waals surface area contributed by atoms with E-state index in [1.807, 2.05) is 36.4 Å². The summed E-state index contributed by atoms with van der Waals surface area (Å²) in [5.41, 5.74) is 5.36. The number of rotatable bonds is 7. The first-order valence-electron chi connectivity index (χ1n) is 10.5. The molecule has 3 heterocycles. The Morgan fingerprint density at radius 1 is 1.00 bits per heavy atom. The predicted molar refractivity (Wildman–Crippen MR) is 125 cm³/mol. The molecule has 1 amide bonds. The summed E-state index contributed by atoms with van der Waals surface area (Å²) in [5, 5.41) is 13.1. The molecule has 0 bridgehead atoms. The Bertz CT molecular complexity index is 1530. The Hall–Kier alpha value is -4.57. The maximum absolute atomic E-state index is 13.0. The molecule has 2 aromatic carbocycles. The highest BCUT2D eigenvalue weighted by molar-refractivity contribution is 5.86. The van der Waals surface area contributed by atoms with Crippen LogP contribution in [0.25, 0.3) is 27.8 Å². The molecule has 5 aromatic rings. The van der Waals surface area contributed by atoms with Crippen LogP contribution in [0.3, 0.4) is 0 Å². The zero-order valence-corrected chi connectivity index (χ0v) is 18.2. The number of nitrogens with zero attached hydrogens (tertiary/aromatic N) is 5. The van der Waals surface area contributed by atoms with E-state index < -0.39 is 11.5 Å². The number of aromatic nitrogens is 5. The van der Waals surface area contributed by atoms with Crippen molar-refractivity contribution in [3.05, 3.63) is 89.0 Å². The van der Waals surface area contributed by atoms with Crippen molar-refractivity contribution in [1.82, 2.24) is 24.5 Å². The molecule has 10 nitrogen and oxygen atoms in total. The molecule has 10 heteroatoms. The molecule has 0 aliphatic carbocycles. The summed E-state index contributed by atoms with van der Waals surface area (Å²) in [6.07, 6.45) is 1.45. The number of benzene rings is 2. The zero-order chi connectivity index (χ0) is 23.5. The number of ether oxygens (including phenoxy) is 2. The molecule has 34 heavy (non-hydrogen) atoms. The van der Waals surface area contributed by atoms with Crippen molar-refractivity contribution in [2.75, 3.05) is 19.1 Å². The van der Waals surface area contributed by atoms with Gasteiger partial charge in [-0.15, -0.1) is 10.2 Å². The van der Waals surface area contributed by atoms with Gasteiger partial charge in [0.2, 0.25) is 0 Å². The van der Waals surface area contributed by atoms with Crippen molar-refractivity contribution in [2.24, 2.45) is 0 Å². The molecule has 0 radical (unpaired) electrons. The van der Waals surface area contributed by atoms with E-state index in [4.69, 9.17) is 9.47 Å². The van der Waals surface area contributed by atoms with E-state index >= 15 is 0 Å². The number of fused-ring (bicyclic) bond motifs is 3. The molecule has 0 saturated heterocycles. The molecule has 0 atom stereocenters. The lowest BCUT2D eigenvalue weighted by molar-refractivity contribution is -0.119. The highest BCUT2D eigenvalue weighted by atomic mass is 16.5. The standard InChI is InChI=1S/C24H20N6O4/c1-33-14-18-21(16-8-4-2-5-9-16)23-26-25-22-19(30(23)27-18)12-13-29(24(22)32)28-20(31)15-34-17-10-6-3-7-11-17/h2-13H,14-15H2,1H3,(H,28,31). The van der Waals surface area contributed by atoms with Crippen LogP contribution in [0.15, 0.2) is 77.7 Å². The molecule has 1 N–H and O–H groups in total. The predicted octanol–water partition coefficient (Wildman–Crippen LogP) is 2.40. The summed E-state index contributed by atoms with van der Waals surface area (Å²) in [7, 11) is 1.59. The maximum Gasteiger partial charge on any atom is 0.299 e. The van der Waals surface area contributed by atoms with Crippen LogP contribution in [0.5, 0.6) is 5.75 Å². The van der Waals surface area contributed by atoms with Gasteiger partial charge in [0, 0.05) is 13.3 Å². The van der Waals surface area contributed by atoms with E-state index in [0.29, 0.717) is 22.6 Å². The SMILES string of the molecule is COCc1nn2c(nnc3c(=O)n(NC(=O)COc4ccccc4)ccc32)c1-c1ccccc1. The van der Waals surface area contributed by atoms with Gasteiger partial charge in [0.05, 0.1) is 17.9 Å². The summed E-state index contributed by atoms with van der Waals surface area (Å²) in [6.45, 7) is 0.0167. The summed E-state index contributed by atoms with van der Waals surface area (Å²) >= 11 is 0. The smallest absolute Gasteiger partial charge is 0.299 e. The molecule has 0 saturated carbocycles. The van der Waals surface area contributed by atoms with Crippen LogP contribution in [0.4, 0.5) is 0 Å². The number of methoxy groups -OCH3 is 1. The van der Waals surface area contributed by atoms with Crippen LogP contribution in [0, 0.1) is 0 Å². The third-order valence-corrected chi connectivity index (χ3v) is 5.15. The normalized spacial score (nSPS) is 11.1. The fourth-order valence-corrected chi connectivity index (χ4v) is 3.65. The summed E-state index contributed by atoms with van der Waals surface area (Å²) in [5.74, 6) is 0.0590. The fourth-order valence-electron chi connectivity index (χ4n) is 3.65. The van der Waals surface area contributed by atoms with E-state index in [9.17, 15) is 9.59 Å². The molecule has 170 valence electrons. The zero-order valence-electron chi connectivity index (χ0n) is 18.2. The van der Waals surface area contributed by atoms with E-state index in [2.05, 4.69) is 20.7 Å². The van der Waals surface area contributed by atoms with Crippen LogP contribution < -0.4 is 15.7 Å². The first-order chi connectivity index (χ1) is 16.7. The molecule has 5 rings (SSSR count). The lowest BCUT2D eigenvalue weighted by Crippen LogP contribution is -2.35. The van der Waals surface area contributed by atoms with Crippen LogP contribution in [-0.2, 0) is 16.1 Å². The minimum atomic E-state index is -0.537. The van der Waals surface area contributed by atoms with Crippen molar-refractivity contribution in [3.63, 3.8) is 0 Å². The Morgan fingerprint density at radius 2 is 1.74 bits per heavy atom. The first kappa shape index (κ1) is 21.3. The van der Waals surface area contributed by atoms with Crippen molar-refractivity contribution >= 4 is 22.6 Å². The quantitative estimate of drug-likeness (QED) is 0.400. The van der Waals surface area contributed by atoms with Crippen molar-refractivity contribution in [3.8, 4) is 16.9 Å². The Labute approximate surface area is 193 Å². The maximum atomic E-state index is 13.0. The Kier molecular flexibility index (Phi) is 5.71. The number of nitrogens with one attached hydrogen (secondary N) is 1. The average Bonchev–Trinajstić information content (AvgIpc) is 3.24. The molecule has 3 aromatic heterocycles. The molecule has 0 unspecified atom stereocenters. The summed E-state index contributed by atoms with van der Waals surface area (Å²) < 4.78 is 13.4. The van der Waals surface area contributed by atoms with Gasteiger partial charge in [0.15, 0.2) is 17.8 Å². The lowest BCUT2D eigenvalue weighted by atomic mass is 10.1. The average molecular weight is 456 g/mol. The van der Waals surface area contributed by atoms with Crippen molar-refractivity contribution < 1.29 is 14.3 Å². The number of hydrogen-bond acceptors (Lipinski definition) is 7. The van der Waals surface area contributed by atoms with Gasteiger partial charge < -0.3 is 9.47 Å². The van der Waals surface area contributed by atoms with Crippen LogP contribution in [0.2, 0.25) is 0 Å². The van der Waals surface area contributed by atoms with Gasteiger partial charge in [-0.3, -0.25) is 15.0 Å². The van der Waals surface area contributed by atoms with E-state index in [-0.39, 0.29) is 18.7 Å². The van der Waals surface area contributed by atoms with Crippen LogP contribution >= 0.6 is 0 Å². The van der Waals surface area contributed by atoms with E-state index in [1.54, 1.807) is 42.0 Å². The molecule has 0 aliphatic rings. The number of hydrogen-bond donors (Lipinski definition) is 1. The van der Waals surface area contributed by atoms with Crippen molar-refractivity contribution in [1.29, 1.82) is 0 Å². The second-order valence-corrected chi connectivity index (χ2v) is 7.42. The highest BCUT2D eigenvalue weighted by Gasteiger charge is 2.19. The van der Waals surface area contributed by atoms with E-state index in [0.717, 1.165) is 15.8 Å². The molecular weight excluding hydrogens is 436 g/mol. The number of para-hydroxylation sites is 1. The minimum absolute atomic E-state index is 0.0605.